The molecule has 0 radical (unpaired) electrons. The topological polar surface area (TPSA) is 96.3 Å². The van der Waals surface area contributed by atoms with E-state index in [4.69, 9.17) is 0 Å². The number of carbonyl (C=O) groups excluding carboxylic acids is 3. The molecular weight excluding hydrogens is 382 g/mol. The van der Waals surface area contributed by atoms with E-state index in [-0.39, 0.29) is 30.3 Å². The van der Waals surface area contributed by atoms with E-state index >= 15 is 0 Å². The molecule has 2 fully saturated rings. The van der Waals surface area contributed by atoms with Gasteiger partial charge < -0.3 is 15.2 Å². The molecule has 160 valence electrons. The van der Waals surface area contributed by atoms with Crippen LogP contribution in [0.15, 0.2) is 24.3 Å². The molecule has 1 aliphatic carbocycles. The molecule has 30 heavy (non-hydrogen) atoms. The number of nitrogens with one attached hydrogen (secondary N) is 2. The van der Waals surface area contributed by atoms with Crippen LogP contribution in [-0.4, -0.2) is 44.4 Å². The van der Waals surface area contributed by atoms with E-state index in [0.717, 1.165) is 22.4 Å². The number of fused-ring (bicyclic) bond motifs is 1. The number of aryl methyl sites for hydroxylation is 1. The Bertz CT molecular complexity index is 1030. The Labute approximate surface area is 176 Å². The lowest BCUT2D eigenvalue weighted by Gasteiger charge is -2.43. The summed E-state index contributed by atoms with van der Waals surface area (Å²) in [6, 6.07) is 7.25. The van der Waals surface area contributed by atoms with Crippen molar-refractivity contribution in [2.24, 2.45) is 18.4 Å². The molecular formula is C22H29N5O3. The molecule has 0 bridgehead atoms. The second-order valence-electron chi connectivity index (χ2n) is 9.61. The van der Waals surface area contributed by atoms with Gasteiger partial charge in [-0.15, -0.1) is 0 Å². The van der Waals surface area contributed by atoms with Gasteiger partial charge in [-0.05, 0) is 42.7 Å². The molecule has 2 aromatic rings. The molecule has 4 amide bonds. The number of imide groups is 1. The largest absolute Gasteiger partial charge is 0.347 e. The second-order valence-corrected chi connectivity index (χ2v) is 9.61. The van der Waals surface area contributed by atoms with Crippen molar-refractivity contribution >= 4 is 28.9 Å². The van der Waals surface area contributed by atoms with Crippen LogP contribution >= 0.6 is 0 Å². The number of aromatic nitrogens is 2. The van der Waals surface area contributed by atoms with Gasteiger partial charge in [0, 0.05) is 7.05 Å². The number of rotatable bonds is 4. The van der Waals surface area contributed by atoms with Gasteiger partial charge in [0.05, 0.1) is 17.6 Å². The van der Waals surface area contributed by atoms with Gasteiger partial charge in [-0.3, -0.25) is 14.5 Å². The molecule has 2 N–H and O–H groups in total. The average molecular weight is 412 g/mol. The number of para-hydroxylation sites is 2. The van der Waals surface area contributed by atoms with Crippen molar-refractivity contribution in [1.29, 1.82) is 0 Å². The summed E-state index contributed by atoms with van der Waals surface area (Å²) in [4.78, 5) is 43.8. The predicted molar refractivity (Wildman–Crippen MR) is 112 cm³/mol. The number of imidazole rings is 1. The summed E-state index contributed by atoms with van der Waals surface area (Å²) in [7, 11) is 1.89. The standard InChI is InChI=1S/C22H29N5O3/c1-14-9-21(2,3)13-22(10-14)19(29)27(20(30)25-22)12-18(28)23-11-17-24-15-7-5-6-8-16(15)26(17)4/h5-8,14H,9-13H2,1-4H3,(H,23,28)(H,25,30)/t14-,22+/m1/s1. The fourth-order valence-corrected chi connectivity index (χ4v) is 5.38. The molecule has 1 spiro atoms. The molecule has 2 heterocycles. The summed E-state index contributed by atoms with van der Waals surface area (Å²) in [5.41, 5.74) is 0.899. The van der Waals surface area contributed by atoms with Gasteiger partial charge in [-0.25, -0.2) is 9.78 Å². The van der Waals surface area contributed by atoms with Gasteiger partial charge in [0.1, 0.15) is 17.9 Å². The minimum atomic E-state index is -0.893. The van der Waals surface area contributed by atoms with Crippen LogP contribution < -0.4 is 10.6 Å². The average Bonchev–Trinajstić information content (AvgIpc) is 3.08. The smallest absolute Gasteiger partial charge is 0.325 e. The third-order valence-corrected chi connectivity index (χ3v) is 6.25. The van der Waals surface area contributed by atoms with Crippen molar-refractivity contribution in [3.8, 4) is 0 Å². The fourth-order valence-electron chi connectivity index (χ4n) is 5.38. The van der Waals surface area contributed by atoms with Crippen LogP contribution in [0.3, 0.4) is 0 Å². The Morgan fingerprint density at radius 3 is 2.70 bits per heavy atom. The zero-order valence-electron chi connectivity index (χ0n) is 18.0. The van der Waals surface area contributed by atoms with E-state index < -0.39 is 11.6 Å². The highest BCUT2D eigenvalue weighted by atomic mass is 16.2. The number of hydrogen-bond acceptors (Lipinski definition) is 4. The van der Waals surface area contributed by atoms with Crippen molar-refractivity contribution in [2.75, 3.05) is 6.54 Å². The number of amides is 4. The summed E-state index contributed by atoms with van der Waals surface area (Å²) in [6.45, 7) is 6.29. The van der Waals surface area contributed by atoms with Crippen molar-refractivity contribution in [1.82, 2.24) is 25.1 Å². The zero-order chi connectivity index (χ0) is 21.7. The van der Waals surface area contributed by atoms with Crippen LogP contribution in [0.25, 0.3) is 11.0 Å². The van der Waals surface area contributed by atoms with Crippen LogP contribution in [-0.2, 0) is 23.2 Å². The second kappa shape index (κ2) is 7.11. The van der Waals surface area contributed by atoms with Crippen LogP contribution in [0.4, 0.5) is 4.79 Å². The SMILES string of the molecule is C[C@@H]1CC(C)(C)C[C@]2(C1)NC(=O)N(CC(=O)NCc1nc3ccccc3n1C)C2=O. The van der Waals surface area contributed by atoms with Crippen molar-refractivity contribution in [3.05, 3.63) is 30.1 Å². The quantitative estimate of drug-likeness (QED) is 0.755. The van der Waals surface area contributed by atoms with E-state index in [1.165, 1.54) is 0 Å². The van der Waals surface area contributed by atoms with Crippen molar-refractivity contribution in [2.45, 2.75) is 52.1 Å². The van der Waals surface area contributed by atoms with Crippen LogP contribution in [0, 0.1) is 11.3 Å². The van der Waals surface area contributed by atoms with Gasteiger partial charge in [0.15, 0.2) is 0 Å². The molecule has 8 nitrogen and oxygen atoms in total. The van der Waals surface area contributed by atoms with Gasteiger partial charge in [-0.1, -0.05) is 32.9 Å². The maximum atomic E-state index is 13.2. The highest BCUT2D eigenvalue weighted by molar-refractivity contribution is 6.09. The molecule has 2 atom stereocenters. The first-order valence-corrected chi connectivity index (χ1v) is 10.4. The number of urea groups is 1. The summed E-state index contributed by atoms with van der Waals surface area (Å²) < 4.78 is 1.92. The van der Waals surface area contributed by atoms with E-state index in [2.05, 4.69) is 36.4 Å². The molecule has 1 aromatic carbocycles. The lowest BCUT2D eigenvalue weighted by molar-refractivity contribution is -0.137. The highest BCUT2D eigenvalue weighted by Gasteiger charge is 2.56. The number of hydrogen-bond donors (Lipinski definition) is 2. The van der Waals surface area contributed by atoms with Crippen LogP contribution in [0.5, 0.6) is 0 Å². The Morgan fingerprint density at radius 1 is 1.27 bits per heavy atom. The molecule has 2 aliphatic rings. The highest BCUT2D eigenvalue weighted by Crippen LogP contribution is 2.46. The lowest BCUT2D eigenvalue weighted by atomic mass is 9.64. The monoisotopic (exact) mass is 411 g/mol. The first-order valence-electron chi connectivity index (χ1n) is 10.4. The van der Waals surface area contributed by atoms with Crippen LogP contribution in [0.1, 0.15) is 45.9 Å². The molecule has 1 aromatic heterocycles. The number of carbonyl (C=O) groups is 3. The molecule has 1 saturated heterocycles. The first kappa shape index (κ1) is 20.4. The number of benzene rings is 1. The van der Waals surface area contributed by atoms with Gasteiger partial charge >= 0.3 is 6.03 Å². The van der Waals surface area contributed by atoms with Crippen LogP contribution in [0.2, 0.25) is 0 Å². The van der Waals surface area contributed by atoms with Crippen molar-refractivity contribution in [3.63, 3.8) is 0 Å². The predicted octanol–water partition coefficient (Wildman–Crippen LogP) is 2.33. The Kier molecular flexibility index (Phi) is 4.83. The Morgan fingerprint density at radius 2 is 2.00 bits per heavy atom. The normalized spacial score (nSPS) is 25.7. The van der Waals surface area contributed by atoms with E-state index in [1.54, 1.807) is 0 Å². The molecule has 4 rings (SSSR count). The summed E-state index contributed by atoms with van der Waals surface area (Å²) in [6.07, 6.45) is 2.21. The zero-order valence-corrected chi connectivity index (χ0v) is 18.0. The lowest BCUT2D eigenvalue weighted by Crippen LogP contribution is -2.54. The minimum Gasteiger partial charge on any atom is -0.347 e. The summed E-state index contributed by atoms with van der Waals surface area (Å²) in [5, 5.41) is 5.69. The molecule has 8 heteroatoms. The van der Waals surface area contributed by atoms with E-state index in [0.29, 0.717) is 24.6 Å². The maximum absolute atomic E-state index is 13.2. The van der Waals surface area contributed by atoms with E-state index in [1.807, 2.05) is 35.9 Å². The minimum absolute atomic E-state index is 0.0426. The molecule has 1 aliphatic heterocycles. The first-order chi connectivity index (χ1) is 14.1. The van der Waals surface area contributed by atoms with Gasteiger partial charge in [0.2, 0.25) is 5.91 Å². The third-order valence-electron chi connectivity index (χ3n) is 6.25. The third kappa shape index (κ3) is 3.55. The van der Waals surface area contributed by atoms with Crippen molar-refractivity contribution < 1.29 is 14.4 Å². The number of nitrogens with zero attached hydrogens (tertiary/aromatic N) is 3. The Hall–Kier alpha value is -2.90. The summed E-state index contributed by atoms with van der Waals surface area (Å²) in [5.74, 6) is 0.362. The summed E-state index contributed by atoms with van der Waals surface area (Å²) >= 11 is 0. The molecule has 0 unspecified atom stereocenters. The maximum Gasteiger partial charge on any atom is 0.325 e. The van der Waals surface area contributed by atoms with E-state index in [9.17, 15) is 14.4 Å². The fraction of sp³-hybridized carbons (Fsp3) is 0.545. The van der Waals surface area contributed by atoms with Gasteiger partial charge in [-0.2, -0.15) is 0 Å². The molecule has 1 saturated carbocycles. The van der Waals surface area contributed by atoms with Gasteiger partial charge in [0.25, 0.3) is 5.91 Å². The Balaban J connectivity index is 1.42.